The first kappa shape index (κ1) is 10.2. The number of fused-ring (bicyclic) bond motifs is 1. The number of hydrogen-bond acceptors (Lipinski definition) is 2. The van der Waals surface area contributed by atoms with Gasteiger partial charge in [-0.15, -0.1) is 11.3 Å². The van der Waals surface area contributed by atoms with Gasteiger partial charge in [-0.25, -0.2) is 0 Å². The fourth-order valence-corrected chi connectivity index (χ4v) is 2.23. The van der Waals surface area contributed by atoms with E-state index in [1.807, 2.05) is 17.5 Å². The lowest BCUT2D eigenvalue weighted by molar-refractivity contribution is 0.0949. The molecule has 0 aliphatic rings. The maximum Gasteiger partial charge on any atom is 0.267 e. The number of amides is 1. The monoisotopic (exact) mass is 222 g/mol. The number of rotatable bonds is 4. The van der Waals surface area contributed by atoms with Gasteiger partial charge in [0, 0.05) is 6.54 Å². The second-order valence-electron chi connectivity index (χ2n) is 3.49. The van der Waals surface area contributed by atoms with Crippen molar-refractivity contribution in [3.63, 3.8) is 0 Å². The number of hydrogen-bond donors (Lipinski definition) is 2. The molecule has 0 unspecified atom stereocenters. The van der Waals surface area contributed by atoms with E-state index in [2.05, 4.69) is 17.2 Å². The van der Waals surface area contributed by atoms with Gasteiger partial charge in [0.1, 0.15) is 5.69 Å². The fourth-order valence-electron chi connectivity index (χ4n) is 1.44. The highest BCUT2D eigenvalue weighted by atomic mass is 32.1. The molecule has 1 amide bonds. The molecule has 0 aromatic carbocycles. The molecule has 0 saturated carbocycles. The largest absolute Gasteiger partial charge is 0.351 e. The van der Waals surface area contributed by atoms with Gasteiger partial charge in [-0.05, 0) is 23.9 Å². The molecule has 4 heteroatoms. The first-order valence-corrected chi connectivity index (χ1v) is 6.03. The molecule has 0 spiro atoms. The van der Waals surface area contributed by atoms with E-state index < -0.39 is 0 Å². The number of unbranched alkanes of at least 4 members (excludes halogenated alkanes) is 1. The zero-order chi connectivity index (χ0) is 10.7. The van der Waals surface area contributed by atoms with Crippen LogP contribution in [0.4, 0.5) is 0 Å². The van der Waals surface area contributed by atoms with Crippen LogP contribution in [0, 0.1) is 0 Å². The summed E-state index contributed by atoms with van der Waals surface area (Å²) < 4.78 is 1.13. The van der Waals surface area contributed by atoms with E-state index in [4.69, 9.17) is 0 Å². The van der Waals surface area contributed by atoms with E-state index in [1.54, 1.807) is 11.3 Å². The van der Waals surface area contributed by atoms with E-state index >= 15 is 0 Å². The number of carbonyl (C=O) groups is 1. The highest BCUT2D eigenvalue weighted by Crippen LogP contribution is 2.20. The van der Waals surface area contributed by atoms with Gasteiger partial charge in [-0.2, -0.15) is 0 Å². The maximum absolute atomic E-state index is 11.6. The quantitative estimate of drug-likeness (QED) is 0.768. The summed E-state index contributed by atoms with van der Waals surface area (Å²) in [6.07, 6.45) is 2.13. The third-order valence-electron chi connectivity index (χ3n) is 2.30. The summed E-state index contributed by atoms with van der Waals surface area (Å²) in [4.78, 5) is 14.7. The van der Waals surface area contributed by atoms with Crippen LogP contribution < -0.4 is 5.32 Å². The average Bonchev–Trinajstić information content (AvgIpc) is 2.76. The van der Waals surface area contributed by atoms with E-state index in [1.165, 1.54) is 0 Å². The zero-order valence-electron chi connectivity index (χ0n) is 8.67. The lowest BCUT2D eigenvalue weighted by Crippen LogP contribution is -2.24. The Morgan fingerprint density at radius 2 is 2.47 bits per heavy atom. The molecule has 0 fully saturated rings. The summed E-state index contributed by atoms with van der Waals surface area (Å²) in [6.45, 7) is 2.86. The second kappa shape index (κ2) is 4.49. The molecule has 0 saturated heterocycles. The van der Waals surface area contributed by atoms with Crippen LogP contribution in [0.25, 0.3) is 10.2 Å². The molecule has 2 heterocycles. The lowest BCUT2D eigenvalue weighted by Gasteiger charge is -2.01. The van der Waals surface area contributed by atoms with Crippen LogP contribution in [-0.4, -0.2) is 17.4 Å². The van der Waals surface area contributed by atoms with Crippen LogP contribution in [-0.2, 0) is 0 Å². The van der Waals surface area contributed by atoms with Crippen molar-refractivity contribution >= 4 is 27.5 Å². The summed E-state index contributed by atoms with van der Waals surface area (Å²) >= 11 is 1.64. The van der Waals surface area contributed by atoms with E-state index in [0.717, 1.165) is 29.6 Å². The van der Waals surface area contributed by atoms with E-state index in [0.29, 0.717) is 5.69 Å². The van der Waals surface area contributed by atoms with Crippen LogP contribution >= 0.6 is 11.3 Å². The molecule has 0 aliphatic carbocycles. The molecule has 0 bridgehead atoms. The Morgan fingerprint density at radius 3 is 3.20 bits per heavy atom. The number of thiophene rings is 1. The first-order valence-electron chi connectivity index (χ1n) is 5.15. The highest BCUT2D eigenvalue weighted by molar-refractivity contribution is 7.17. The molecule has 2 rings (SSSR count). The number of nitrogens with one attached hydrogen (secondary N) is 2. The first-order chi connectivity index (χ1) is 7.31. The molecule has 0 radical (unpaired) electrons. The second-order valence-corrected chi connectivity index (χ2v) is 4.44. The summed E-state index contributed by atoms with van der Waals surface area (Å²) in [6, 6.07) is 3.89. The van der Waals surface area contributed by atoms with Gasteiger partial charge in [0.05, 0.1) is 10.2 Å². The van der Waals surface area contributed by atoms with Crippen molar-refractivity contribution in [2.75, 3.05) is 6.54 Å². The van der Waals surface area contributed by atoms with Crippen LogP contribution in [0.3, 0.4) is 0 Å². The Kier molecular flexibility index (Phi) is 3.06. The molecule has 0 atom stereocenters. The Bertz CT molecular complexity index is 429. The van der Waals surface area contributed by atoms with Crippen molar-refractivity contribution in [1.82, 2.24) is 10.3 Å². The minimum absolute atomic E-state index is 0.00755. The molecular weight excluding hydrogens is 208 g/mol. The minimum atomic E-state index is -0.00755. The molecule has 3 nitrogen and oxygen atoms in total. The Balaban J connectivity index is 2.04. The zero-order valence-corrected chi connectivity index (χ0v) is 9.49. The van der Waals surface area contributed by atoms with Crippen molar-refractivity contribution in [3.8, 4) is 0 Å². The van der Waals surface area contributed by atoms with Crippen LogP contribution in [0.15, 0.2) is 17.5 Å². The summed E-state index contributed by atoms with van der Waals surface area (Å²) in [5, 5.41) is 4.90. The van der Waals surface area contributed by atoms with Gasteiger partial charge in [-0.1, -0.05) is 13.3 Å². The highest BCUT2D eigenvalue weighted by Gasteiger charge is 2.08. The number of carbonyl (C=O) groups excluding carboxylic acids is 1. The Morgan fingerprint density at radius 1 is 1.60 bits per heavy atom. The average molecular weight is 222 g/mol. The SMILES string of the molecule is CCCCNC(=O)c1cc2sccc2[nH]1. The van der Waals surface area contributed by atoms with Crippen molar-refractivity contribution in [2.45, 2.75) is 19.8 Å². The normalized spacial score (nSPS) is 10.7. The van der Waals surface area contributed by atoms with Gasteiger partial charge >= 0.3 is 0 Å². The van der Waals surface area contributed by atoms with E-state index in [-0.39, 0.29) is 5.91 Å². The summed E-state index contributed by atoms with van der Waals surface area (Å²) in [5.74, 6) is -0.00755. The molecule has 0 aliphatic heterocycles. The Labute approximate surface area is 92.5 Å². The van der Waals surface area contributed by atoms with Gasteiger partial charge in [0.25, 0.3) is 5.91 Å². The van der Waals surface area contributed by atoms with Gasteiger partial charge in [0.15, 0.2) is 0 Å². The third-order valence-corrected chi connectivity index (χ3v) is 3.16. The minimum Gasteiger partial charge on any atom is -0.351 e. The smallest absolute Gasteiger partial charge is 0.267 e. The topological polar surface area (TPSA) is 44.9 Å². The molecule has 80 valence electrons. The van der Waals surface area contributed by atoms with Crippen molar-refractivity contribution in [3.05, 3.63) is 23.2 Å². The number of H-pyrrole nitrogens is 1. The molecule has 2 N–H and O–H groups in total. The summed E-state index contributed by atoms with van der Waals surface area (Å²) in [5.41, 5.74) is 1.70. The third kappa shape index (κ3) is 2.21. The molecular formula is C11H14N2OS. The van der Waals surface area contributed by atoms with Crippen molar-refractivity contribution < 1.29 is 4.79 Å². The maximum atomic E-state index is 11.6. The van der Waals surface area contributed by atoms with Crippen LogP contribution in [0.5, 0.6) is 0 Å². The van der Waals surface area contributed by atoms with Crippen LogP contribution in [0.1, 0.15) is 30.3 Å². The van der Waals surface area contributed by atoms with Crippen LogP contribution in [0.2, 0.25) is 0 Å². The predicted octanol–water partition coefficient (Wildman–Crippen LogP) is 2.76. The molecule has 2 aromatic rings. The molecule has 15 heavy (non-hydrogen) atoms. The van der Waals surface area contributed by atoms with Crippen molar-refractivity contribution in [1.29, 1.82) is 0 Å². The standard InChI is InChI=1S/C11H14N2OS/c1-2-3-5-12-11(14)9-7-10-8(13-9)4-6-15-10/h4,6-7,13H,2-3,5H2,1H3,(H,12,14). The lowest BCUT2D eigenvalue weighted by atomic mass is 10.3. The Hall–Kier alpha value is -1.29. The number of aromatic nitrogens is 1. The van der Waals surface area contributed by atoms with Gasteiger partial charge in [-0.3, -0.25) is 4.79 Å². The number of aromatic amines is 1. The van der Waals surface area contributed by atoms with E-state index in [9.17, 15) is 4.79 Å². The fraction of sp³-hybridized carbons (Fsp3) is 0.364. The van der Waals surface area contributed by atoms with Crippen molar-refractivity contribution in [2.24, 2.45) is 0 Å². The summed E-state index contributed by atoms with van der Waals surface area (Å²) in [7, 11) is 0. The van der Waals surface area contributed by atoms with Gasteiger partial charge in [0.2, 0.25) is 0 Å². The molecule has 2 aromatic heterocycles. The predicted molar refractivity (Wildman–Crippen MR) is 63.4 cm³/mol. The van der Waals surface area contributed by atoms with Gasteiger partial charge < -0.3 is 10.3 Å².